The molecule has 0 amide bonds. The highest BCUT2D eigenvalue weighted by atomic mass is 16.5. The van der Waals surface area contributed by atoms with Gasteiger partial charge in [-0.15, -0.1) is 0 Å². The quantitative estimate of drug-likeness (QED) is 0.579. The lowest BCUT2D eigenvalue weighted by Gasteiger charge is -2.09. The standard InChI is InChI=1S/C15H16O2/c1-17-15-10-9-12(6-4-5-11-16)13-7-2-3-8-14(13)15/h2-3,7-11H,4-6H2,1H3. The zero-order valence-electron chi connectivity index (χ0n) is 9.98. The molecule has 0 aliphatic rings. The van der Waals surface area contributed by atoms with Gasteiger partial charge in [0.05, 0.1) is 7.11 Å². The van der Waals surface area contributed by atoms with Crippen molar-refractivity contribution in [3.8, 4) is 5.75 Å². The molecule has 0 atom stereocenters. The molecule has 2 rings (SSSR count). The first kappa shape index (κ1) is 11.6. The minimum Gasteiger partial charge on any atom is -0.496 e. The maximum atomic E-state index is 10.3. The molecule has 0 N–H and O–H groups in total. The summed E-state index contributed by atoms with van der Waals surface area (Å²) in [7, 11) is 1.69. The summed E-state index contributed by atoms with van der Waals surface area (Å²) in [5, 5.41) is 2.36. The molecule has 0 bridgehead atoms. The predicted octanol–water partition coefficient (Wildman–Crippen LogP) is 3.37. The summed E-state index contributed by atoms with van der Waals surface area (Å²) < 4.78 is 5.35. The van der Waals surface area contributed by atoms with Crippen LogP contribution in [0.4, 0.5) is 0 Å². The third-order valence-electron chi connectivity index (χ3n) is 2.96. The molecule has 0 spiro atoms. The second-order valence-electron chi connectivity index (χ2n) is 4.03. The average molecular weight is 228 g/mol. The lowest BCUT2D eigenvalue weighted by molar-refractivity contribution is -0.107. The third kappa shape index (κ3) is 2.47. The van der Waals surface area contributed by atoms with Crippen molar-refractivity contribution in [2.24, 2.45) is 0 Å². The molecule has 2 heteroatoms. The zero-order chi connectivity index (χ0) is 12.1. The Labute approximate surface area is 101 Å². The summed E-state index contributed by atoms with van der Waals surface area (Å²) in [4.78, 5) is 10.3. The van der Waals surface area contributed by atoms with Gasteiger partial charge in [0, 0.05) is 11.8 Å². The van der Waals surface area contributed by atoms with E-state index in [0.29, 0.717) is 6.42 Å². The van der Waals surface area contributed by atoms with Crippen molar-refractivity contribution >= 4 is 17.1 Å². The van der Waals surface area contributed by atoms with Crippen molar-refractivity contribution in [1.82, 2.24) is 0 Å². The van der Waals surface area contributed by atoms with E-state index in [9.17, 15) is 4.79 Å². The van der Waals surface area contributed by atoms with Gasteiger partial charge in [-0.05, 0) is 29.9 Å². The van der Waals surface area contributed by atoms with Crippen LogP contribution in [0.15, 0.2) is 36.4 Å². The normalized spacial score (nSPS) is 10.4. The molecule has 88 valence electrons. The summed E-state index contributed by atoms with van der Waals surface area (Å²) in [5.41, 5.74) is 1.28. The molecule has 0 aliphatic heterocycles. The minimum atomic E-state index is 0.625. The van der Waals surface area contributed by atoms with Gasteiger partial charge in [0.15, 0.2) is 0 Å². The average Bonchev–Trinajstić information content (AvgIpc) is 2.39. The van der Waals surface area contributed by atoms with Crippen LogP contribution < -0.4 is 4.74 Å². The van der Waals surface area contributed by atoms with E-state index in [1.165, 1.54) is 10.9 Å². The number of ether oxygens (including phenoxy) is 1. The van der Waals surface area contributed by atoms with Crippen LogP contribution in [-0.2, 0) is 11.2 Å². The lowest BCUT2D eigenvalue weighted by Crippen LogP contribution is -1.91. The van der Waals surface area contributed by atoms with Crippen LogP contribution in [0.5, 0.6) is 5.75 Å². The first-order chi connectivity index (χ1) is 8.36. The van der Waals surface area contributed by atoms with Gasteiger partial charge in [-0.2, -0.15) is 0 Å². The van der Waals surface area contributed by atoms with Gasteiger partial charge in [0.1, 0.15) is 12.0 Å². The Morgan fingerprint density at radius 1 is 1.12 bits per heavy atom. The largest absolute Gasteiger partial charge is 0.496 e. The Morgan fingerprint density at radius 2 is 1.88 bits per heavy atom. The minimum absolute atomic E-state index is 0.625. The summed E-state index contributed by atoms with van der Waals surface area (Å²) >= 11 is 0. The molecule has 0 aliphatic carbocycles. The highest BCUT2D eigenvalue weighted by Gasteiger charge is 2.05. The van der Waals surface area contributed by atoms with E-state index in [-0.39, 0.29) is 0 Å². The van der Waals surface area contributed by atoms with E-state index >= 15 is 0 Å². The molecule has 0 radical (unpaired) electrons. The van der Waals surface area contributed by atoms with Gasteiger partial charge in [0.2, 0.25) is 0 Å². The first-order valence-electron chi connectivity index (χ1n) is 5.85. The number of methoxy groups -OCH3 is 1. The van der Waals surface area contributed by atoms with Gasteiger partial charge in [-0.25, -0.2) is 0 Å². The van der Waals surface area contributed by atoms with E-state index in [1.807, 2.05) is 18.2 Å². The van der Waals surface area contributed by atoms with Crippen LogP contribution in [0.25, 0.3) is 10.8 Å². The van der Waals surface area contributed by atoms with Crippen molar-refractivity contribution in [2.45, 2.75) is 19.3 Å². The van der Waals surface area contributed by atoms with E-state index in [0.717, 1.165) is 30.3 Å². The Bertz CT molecular complexity index is 517. The maximum Gasteiger partial charge on any atom is 0.126 e. The molecular weight excluding hydrogens is 212 g/mol. The number of benzene rings is 2. The van der Waals surface area contributed by atoms with Gasteiger partial charge in [-0.1, -0.05) is 30.3 Å². The number of aryl methyl sites for hydroxylation is 1. The Balaban J connectivity index is 2.40. The number of aldehydes is 1. The summed E-state index contributed by atoms with van der Waals surface area (Å²) in [6, 6.07) is 12.3. The van der Waals surface area contributed by atoms with Gasteiger partial charge in [0.25, 0.3) is 0 Å². The highest BCUT2D eigenvalue weighted by molar-refractivity contribution is 5.91. The van der Waals surface area contributed by atoms with Gasteiger partial charge in [-0.3, -0.25) is 0 Å². The topological polar surface area (TPSA) is 26.3 Å². The molecule has 0 unspecified atom stereocenters. The predicted molar refractivity (Wildman–Crippen MR) is 69.5 cm³/mol. The molecule has 0 aromatic heterocycles. The second kappa shape index (κ2) is 5.48. The molecule has 0 saturated heterocycles. The van der Waals surface area contributed by atoms with Crippen LogP contribution in [0, 0.1) is 0 Å². The van der Waals surface area contributed by atoms with Crippen molar-refractivity contribution in [2.75, 3.05) is 7.11 Å². The van der Waals surface area contributed by atoms with Gasteiger partial charge < -0.3 is 9.53 Å². The zero-order valence-corrected chi connectivity index (χ0v) is 9.98. The number of unbranched alkanes of at least 4 members (excludes halogenated alkanes) is 1. The Hall–Kier alpha value is -1.83. The smallest absolute Gasteiger partial charge is 0.126 e. The van der Waals surface area contributed by atoms with Crippen molar-refractivity contribution in [3.05, 3.63) is 42.0 Å². The number of hydrogen-bond acceptors (Lipinski definition) is 2. The maximum absolute atomic E-state index is 10.3. The van der Waals surface area contributed by atoms with Crippen molar-refractivity contribution < 1.29 is 9.53 Å². The Morgan fingerprint density at radius 3 is 2.59 bits per heavy atom. The molecule has 17 heavy (non-hydrogen) atoms. The molecule has 0 fully saturated rings. The Kier molecular flexibility index (Phi) is 3.76. The van der Waals surface area contributed by atoms with E-state index in [4.69, 9.17) is 4.74 Å². The molecule has 2 aromatic rings. The molecule has 0 heterocycles. The molecule has 2 aromatic carbocycles. The fourth-order valence-corrected chi connectivity index (χ4v) is 2.11. The van der Waals surface area contributed by atoms with E-state index < -0.39 is 0 Å². The third-order valence-corrected chi connectivity index (χ3v) is 2.96. The number of hydrogen-bond donors (Lipinski definition) is 0. The summed E-state index contributed by atoms with van der Waals surface area (Å²) in [6.07, 6.45) is 3.44. The van der Waals surface area contributed by atoms with E-state index in [2.05, 4.69) is 18.2 Å². The first-order valence-corrected chi connectivity index (χ1v) is 5.85. The second-order valence-corrected chi connectivity index (χ2v) is 4.03. The van der Waals surface area contributed by atoms with Crippen molar-refractivity contribution in [3.63, 3.8) is 0 Å². The fourth-order valence-electron chi connectivity index (χ4n) is 2.11. The highest BCUT2D eigenvalue weighted by Crippen LogP contribution is 2.28. The summed E-state index contributed by atoms with van der Waals surface area (Å²) in [5.74, 6) is 0.903. The number of fused-ring (bicyclic) bond motifs is 1. The van der Waals surface area contributed by atoms with Crippen LogP contribution in [0.2, 0.25) is 0 Å². The van der Waals surface area contributed by atoms with Crippen LogP contribution in [-0.4, -0.2) is 13.4 Å². The van der Waals surface area contributed by atoms with E-state index in [1.54, 1.807) is 7.11 Å². The van der Waals surface area contributed by atoms with Gasteiger partial charge >= 0.3 is 0 Å². The van der Waals surface area contributed by atoms with Crippen LogP contribution >= 0.6 is 0 Å². The SMILES string of the molecule is COc1ccc(CCCC=O)c2ccccc12. The van der Waals surface area contributed by atoms with Crippen LogP contribution in [0.3, 0.4) is 0 Å². The summed E-state index contributed by atoms with van der Waals surface area (Å²) in [6.45, 7) is 0. The molecule has 0 saturated carbocycles. The fraction of sp³-hybridized carbons (Fsp3) is 0.267. The number of carbonyl (C=O) groups is 1. The number of rotatable bonds is 5. The van der Waals surface area contributed by atoms with Crippen molar-refractivity contribution in [1.29, 1.82) is 0 Å². The number of carbonyl (C=O) groups excluding carboxylic acids is 1. The molecule has 2 nitrogen and oxygen atoms in total. The molecular formula is C15H16O2. The monoisotopic (exact) mass is 228 g/mol. The lowest BCUT2D eigenvalue weighted by atomic mass is 9.99. The van der Waals surface area contributed by atoms with Crippen LogP contribution in [0.1, 0.15) is 18.4 Å².